The molecular formula is C8H13ClN2. The van der Waals surface area contributed by atoms with Crippen LogP contribution in [0.5, 0.6) is 0 Å². The Bertz CT molecular complexity index is 208. The summed E-state index contributed by atoms with van der Waals surface area (Å²) in [5, 5.41) is 0. The fraction of sp³-hybridized carbons (Fsp3) is 0.625. The van der Waals surface area contributed by atoms with E-state index in [4.69, 9.17) is 11.6 Å². The van der Waals surface area contributed by atoms with Crippen molar-refractivity contribution in [2.45, 2.75) is 32.7 Å². The van der Waals surface area contributed by atoms with Crippen LogP contribution in [0.4, 0.5) is 0 Å². The Morgan fingerprint density at radius 3 is 2.73 bits per heavy atom. The molecule has 11 heavy (non-hydrogen) atoms. The van der Waals surface area contributed by atoms with Crippen LogP contribution in [0, 0.1) is 0 Å². The summed E-state index contributed by atoms with van der Waals surface area (Å²) < 4.78 is 2.09. The second kappa shape index (κ2) is 3.77. The Labute approximate surface area is 72.2 Å². The molecule has 0 saturated carbocycles. The smallest absolute Gasteiger partial charge is 0.0951 e. The Balaban J connectivity index is 2.99. The lowest BCUT2D eigenvalue weighted by Crippen LogP contribution is -1.98. The number of alkyl halides is 1. The van der Waals surface area contributed by atoms with E-state index in [-0.39, 0.29) is 0 Å². The Morgan fingerprint density at radius 2 is 2.27 bits per heavy atom. The van der Waals surface area contributed by atoms with E-state index >= 15 is 0 Å². The predicted octanol–water partition coefficient (Wildman–Crippen LogP) is 2.20. The van der Waals surface area contributed by atoms with Crippen LogP contribution in [-0.2, 0) is 18.8 Å². The summed E-state index contributed by atoms with van der Waals surface area (Å²) in [7, 11) is 0. The first-order valence-corrected chi connectivity index (χ1v) is 4.45. The number of imidazole rings is 1. The molecule has 0 bridgehead atoms. The number of rotatable bonds is 3. The van der Waals surface area contributed by atoms with Crippen molar-refractivity contribution in [1.29, 1.82) is 0 Å². The van der Waals surface area contributed by atoms with Crippen molar-refractivity contribution in [3.8, 4) is 0 Å². The van der Waals surface area contributed by atoms with Crippen LogP contribution < -0.4 is 0 Å². The summed E-state index contributed by atoms with van der Waals surface area (Å²) in [4.78, 5) is 4.25. The quantitative estimate of drug-likeness (QED) is 0.640. The molecule has 0 N–H and O–H groups in total. The van der Waals surface area contributed by atoms with Gasteiger partial charge in [-0.05, 0) is 13.3 Å². The highest BCUT2D eigenvalue weighted by Crippen LogP contribution is 2.10. The summed E-state index contributed by atoms with van der Waals surface area (Å²) in [6.07, 6.45) is 2.82. The van der Waals surface area contributed by atoms with Crippen molar-refractivity contribution < 1.29 is 0 Å². The van der Waals surface area contributed by atoms with Crippen LogP contribution in [0.15, 0.2) is 6.33 Å². The van der Waals surface area contributed by atoms with E-state index in [1.165, 1.54) is 0 Å². The summed E-state index contributed by atoms with van der Waals surface area (Å²) in [6, 6.07) is 0. The number of aromatic nitrogens is 2. The van der Waals surface area contributed by atoms with Crippen LogP contribution in [-0.4, -0.2) is 9.55 Å². The lowest BCUT2D eigenvalue weighted by atomic mass is 10.3. The molecule has 1 heterocycles. The van der Waals surface area contributed by atoms with Crippen molar-refractivity contribution in [3.05, 3.63) is 17.7 Å². The van der Waals surface area contributed by atoms with E-state index in [1.807, 2.05) is 6.33 Å². The molecule has 0 fully saturated rings. The van der Waals surface area contributed by atoms with Crippen molar-refractivity contribution in [2.75, 3.05) is 0 Å². The zero-order valence-electron chi connectivity index (χ0n) is 6.97. The minimum Gasteiger partial charge on any atom is -0.334 e. The van der Waals surface area contributed by atoms with E-state index in [1.54, 1.807) is 0 Å². The molecule has 2 nitrogen and oxygen atoms in total. The predicted molar refractivity (Wildman–Crippen MR) is 46.8 cm³/mol. The number of aryl methyl sites for hydroxylation is 2. The lowest BCUT2D eigenvalue weighted by molar-refractivity contribution is 0.730. The molecule has 0 aliphatic rings. The second-order valence-electron chi connectivity index (χ2n) is 2.41. The zero-order valence-corrected chi connectivity index (χ0v) is 7.73. The van der Waals surface area contributed by atoms with Gasteiger partial charge >= 0.3 is 0 Å². The molecule has 0 aliphatic carbocycles. The van der Waals surface area contributed by atoms with Gasteiger partial charge in [-0.2, -0.15) is 0 Å². The highest BCUT2D eigenvalue weighted by atomic mass is 35.5. The van der Waals surface area contributed by atoms with Gasteiger partial charge in [0.05, 0.1) is 23.6 Å². The van der Waals surface area contributed by atoms with Crippen molar-refractivity contribution in [3.63, 3.8) is 0 Å². The minimum absolute atomic E-state index is 0.566. The van der Waals surface area contributed by atoms with E-state index in [0.717, 1.165) is 24.4 Å². The van der Waals surface area contributed by atoms with Crippen LogP contribution in [0.2, 0.25) is 0 Å². The Kier molecular flexibility index (Phi) is 2.94. The third kappa shape index (κ3) is 1.56. The van der Waals surface area contributed by atoms with Crippen molar-refractivity contribution >= 4 is 11.6 Å². The highest BCUT2D eigenvalue weighted by Gasteiger charge is 2.05. The largest absolute Gasteiger partial charge is 0.334 e. The van der Waals surface area contributed by atoms with Crippen LogP contribution in [0.1, 0.15) is 25.2 Å². The van der Waals surface area contributed by atoms with Gasteiger partial charge in [0.25, 0.3) is 0 Å². The van der Waals surface area contributed by atoms with Crippen LogP contribution >= 0.6 is 11.6 Å². The summed E-state index contributed by atoms with van der Waals surface area (Å²) in [6.45, 7) is 5.14. The van der Waals surface area contributed by atoms with Crippen LogP contribution in [0.3, 0.4) is 0 Å². The van der Waals surface area contributed by atoms with Gasteiger partial charge < -0.3 is 4.57 Å². The first kappa shape index (κ1) is 8.60. The first-order chi connectivity index (χ1) is 5.33. The topological polar surface area (TPSA) is 17.8 Å². The fourth-order valence-electron chi connectivity index (χ4n) is 1.17. The van der Waals surface area contributed by atoms with Crippen molar-refractivity contribution in [1.82, 2.24) is 9.55 Å². The molecule has 0 spiro atoms. The maximum absolute atomic E-state index is 5.78. The second-order valence-corrected chi connectivity index (χ2v) is 2.68. The molecule has 1 aromatic rings. The Morgan fingerprint density at radius 1 is 1.55 bits per heavy atom. The fourth-order valence-corrected chi connectivity index (χ4v) is 1.48. The number of hydrogen-bond acceptors (Lipinski definition) is 1. The van der Waals surface area contributed by atoms with Gasteiger partial charge in [-0.3, -0.25) is 0 Å². The number of halogens is 1. The molecule has 3 heteroatoms. The minimum atomic E-state index is 0.566. The molecule has 0 radical (unpaired) electrons. The lowest BCUT2D eigenvalue weighted by Gasteiger charge is -2.01. The average molecular weight is 173 g/mol. The van der Waals surface area contributed by atoms with Gasteiger partial charge in [0.2, 0.25) is 0 Å². The highest BCUT2D eigenvalue weighted by molar-refractivity contribution is 6.17. The summed E-state index contributed by atoms with van der Waals surface area (Å²) in [5.41, 5.74) is 2.29. The molecule has 0 amide bonds. The summed E-state index contributed by atoms with van der Waals surface area (Å²) >= 11 is 5.78. The monoisotopic (exact) mass is 172 g/mol. The molecule has 0 unspecified atom stereocenters. The van der Waals surface area contributed by atoms with Gasteiger partial charge in [0.1, 0.15) is 0 Å². The maximum atomic E-state index is 5.78. The normalized spacial score (nSPS) is 10.5. The maximum Gasteiger partial charge on any atom is 0.0951 e. The van der Waals surface area contributed by atoms with Gasteiger partial charge in [0, 0.05) is 6.54 Å². The number of nitrogens with zero attached hydrogens (tertiary/aromatic N) is 2. The number of hydrogen-bond donors (Lipinski definition) is 0. The molecule has 0 atom stereocenters. The first-order valence-electron chi connectivity index (χ1n) is 3.92. The standard InChI is InChI=1S/C8H13ClN2/c1-3-7-8(5-9)11(4-2)6-10-7/h6H,3-5H2,1-2H3. The van der Waals surface area contributed by atoms with Crippen molar-refractivity contribution in [2.24, 2.45) is 0 Å². The van der Waals surface area contributed by atoms with E-state index in [9.17, 15) is 0 Å². The molecule has 62 valence electrons. The van der Waals surface area contributed by atoms with E-state index in [0.29, 0.717) is 5.88 Å². The molecule has 0 aromatic carbocycles. The van der Waals surface area contributed by atoms with E-state index < -0.39 is 0 Å². The Hall–Kier alpha value is -0.500. The van der Waals surface area contributed by atoms with Crippen LogP contribution in [0.25, 0.3) is 0 Å². The summed E-state index contributed by atoms with van der Waals surface area (Å²) in [5.74, 6) is 0.566. The third-order valence-corrected chi connectivity index (χ3v) is 2.09. The average Bonchev–Trinajstić information content (AvgIpc) is 2.45. The molecule has 0 aliphatic heterocycles. The van der Waals surface area contributed by atoms with Gasteiger partial charge in [0.15, 0.2) is 0 Å². The molecule has 1 aromatic heterocycles. The third-order valence-electron chi connectivity index (χ3n) is 1.83. The SMILES string of the molecule is CCc1ncn(CC)c1CCl. The van der Waals surface area contributed by atoms with Gasteiger partial charge in [-0.25, -0.2) is 4.98 Å². The van der Waals surface area contributed by atoms with Gasteiger partial charge in [-0.15, -0.1) is 11.6 Å². The zero-order chi connectivity index (χ0) is 8.27. The molecule has 1 rings (SSSR count). The molecular weight excluding hydrogens is 160 g/mol. The van der Waals surface area contributed by atoms with Gasteiger partial charge in [-0.1, -0.05) is 6.92 Å². The molecule has 0 saturated heterocycles. The van der Waals surface area contributed by atoms with E-state index in [2.05, 4.69) is 23.4 Å².